The molecule has 2 aromatic rings. The van der Waals surface area contributed by atoms with Crippen LogP contribution in [0.3, 0.4) is 0 Å². The zero-order valence-corrected chi connectivity index (χ0v) is 9.36. The van der Waals surface area contributed by atoms with Crippen LogP contribution < -0.4 is 5.73 Å². The lowest BCUT2D eigenvalue weighted by atomic mass is 10.2. The molecule has 0 unspecified atom stereocenters. The molecule has 2 aromatic heterocycles. The van der Waals surface area contributed by atoms with Crippen LogP contribution in [0.1, 0.15) is 23.7 Å². The second-order valence-electron chi connectivity index (χ2n) is 4.19. The van der Waals surface area contributed by atoms with E-state index in [4.69, 9.17) is 10.2 Å². The topological polar surface area (TPSA) is 57.0 Å². The third-order valence-electron chi connectivity index (χ3n) is 3.10. The number of aromatic nitrogens is 2. The summed E-state index contributed by atoms with van der Waals surface area (Å²) in [4.78, 5) is 4.58. The summed E-state index contributed by atoms with van der Waals surface area (Å²) in [5.74, 6) is 2.75. The Balaban J connectivity index is 2.14. The summed E-state index contributed by atoms with van der Waals surface area (Å²) in [6, 6.07) is 3.95. The van der Waals surface area contributed by atoms with E-state index >= 15 is 0 Å². The van der Waals surface area contributed by atoms with Crippen LogP contribution in [0.5, 0.6) is 0 Å². The Hall–Kier alpha value is -1.55. The molecule has 16 heavy (non-hydrogen) atoms. The van der Waals surface area contributed by atoms with Gasteiger partial charge in [-0.05, 0) is 31.9 Å². The van der Waals surface area contributed by atoms with E-state index in [0.29, 0.717) is 6.54 Å². The van der Waals surface area contributed by atoms with Crippen LogP contribution in [0.4, 0.5) is 0 Å². The molecule has 0 spiro atoms. The third-order valence-corrected chi connectivity index (χ3v) is 3.10. The quantitative estimate of drug-likeness (QED) is 0.835. The molecule has 3 rings (SSSR count). The predicted octanol–water partition coefficient (Wildman–Crippen LogP) is 1.86. The van der Waals surface area contributed by atoms with Crippen molar-refractivity contribution in [2.45, 2.75) is 32.9 Å². The van der Waals surface area contributed by atoms with Gasteiger partial charge < -0.3 is 14.7 Å². The lowest BCUT2D eigenvalue weighted by molar-refractivity contribution is 0.546. The van der Waals surface area contributed by atoms with Gasteiger partial charge in [-0.2, -0.15) is 0 Å². The Morgan fingerprint density at radius 2 is 2.38 bits per heavy atom. The van der Waals surface area contributed by atoms with E-state index in [2.05, 4.69) is 9.55 Å². The average molecular weight is 217 g/mol. The highest BCUT2D eigenvalue weighted by molar-refractivity contribution is 5.57. The molecular formula is C12H15N3O. The number of hydrogen-bond donors (Lipinski definition) is 1. The Morgan fingerprint density at radius 1 is 1.50 bits per heavy atom. The van der Waals surface area contributed by atoms with Crippen molar-refractivity contribution >= 4 is 0 Å². The van der Waals surface area contributed by atoms with Crippen molar-refractivity contribution in [2.75, 3.05) is 0 Å². The molecule has 1 aliphatic rings. The summed E-state index contributed by atoms with van der Waals surface area (Å²) in [6.07, 6.45) is 2.25. The minimum absolute atomic E-state index is 0.493. The number of fused-ring (bicyclic) bond motifs is 1. The van der Waals surface area contributed by atoms with Gasteiger partial charge in [-0.1, -0.05) is 0 Å². The van der Waals surface area contributed by atoms with Crippen LogP contribution in [0.25, 0.3) is 11.5 Å². The first-order valence-electron chi connectivity index (χ1n) is 5.64. The monoisotopic (exact) mass is 217 g/mol. The highest BCUT2D eigenvalue weighted by atomic mass is 16.3. The van der Waals surface area contributed by atoms with Gasteiger partial charge in [0.1, 0.15) is 17.3 Å². The molecule has 84 valence electrons. The molecule has 0 aromatic carbocycles. The second-order valence-corrected chi connectivity index (χ2v) is 4.19. The van der Waals surface area contributed by atoms with Crippen LogP contribution >= 0.6 is 0 Å². The van der Waals surface area contributed by atoms with E-state index in [1.807, 2.05) is 19.1 Å². The van der Waals surface area contributed by atoms with Crippen molar-refractivity contribution in [3.05, 3.63) is 29.4 Å². The fourth-order valence-electron chi connectivity index (χ4n) is 2.37. The first-order chi connectivity index (χ1) is 7.79. The van der Waals surface area contributed by atoms with E-state index in [9.17, 15) is 0 Å². The summed E-state index contributed by atoms with van der Waals surface area (Å²) in [5, 5.41) is 0. The van der Waals surface area contributed by atoms with Crippen molar-refractivity contribution < 1.29 is 4.42 Å². The maximum Gasteiger partial charge on any atom is 0.154 e. The maximum absolute atomic E-state index is 5.71. The van der Waals surface area contributed by atoms with Gasteiger partial charge in [-0.3, -0.25) is 0 Å². The molecule has 0 aliphatic carbocycles. The molecule has 4 nitrogen and oxygen atoms in total. The van der Waals surface area contributed by atoms with Crippen molar-refractivity contribution in [1.29, 1.82) is 0 Å². The number of nitrogens with zero attached hydrogens (tertiary/aromatic N) is 2. The van der Waals surface area contributed by atoms with Crippen molar-refractivity contribution in [3.63, 3.8) is 0 Å². The lowest BCUT2D eigenvalue weighted by Crippen LogP contribution is -2.06. The van der Waals surface area contributed by atoms with E-state index in [-0.39, 0.29) is 0 Å². The number of rotatable bonds is 2. The molecule has 0 atom stereocenters. The van der Waals surface area contributed by atoms with Gasteiger partial charge in [0.2, 0.25) is 0 Å². The van der Waals surface area contributed by atoms with Crippen LogP contribution in [0, 0.1) is 6.92 Å². The van der Waals surface area contributed by atoms with Gasteiger partial charge in [0.05, 0.1) is 6.54 Å². The zero-order chi connectivity index (χ0) is 11.1. The Bertz CT molecular complexity index is 524. The minimum atomic E-state index is 0.493. The SMILES string of the molecule is Cc1ccc(-c2nc(CN)n3c2CCC3)o1. The first-order valence-corrected chi connectivity index (χ1v) is 5.64. The highest BCUT2D eigenvalue weighted by Gasteiger charge is 2.22. The molecule has 0 amide bonds. The summed E-state index contributed by atoms with van der Waals surface area (Å²) in [5.41, 5.74) is 7.96. The number of nitrogens with two attached hydrogens (primary N) is 1. The molecule has 4 heteroatoms. The number of aryl methyl sites for hydroxylation is 1. The maximum atomic E-state index is 5.71. The van der Waals surface area contributed by atoms with Crippen molar-refractivity contribution in [3.8, 4) is 11.5 Å². The van der Waals surface area contributed by atoms with Gasteiger partial charge >= 0.3 is 0 Å². The van der Waals surface area contributed by atoms with Gasteiger partial charge in [0.25, 0.3) is 0 Å². The highest BCUT2D eigenvalue weighted by Crippen LogP contribution is 2.30. The summed E-state index contributed by atoms with van der Waals surface area (Å²) in [6.45, 7) is 3.48. The van der Waals surface area contributed by atoms with E-state index in [1.165, 1.54) is 12.1 Å². The molecular weight excluding hydrogens is 202 g/mol. The smallest absolute Gasteiger partial charge is 0.154 e. The molecule has 0 bridgehead atoms. The van der Waals surface area contributed by atoms with Crippen LogP contribution in [0.2, 0.25) is 0 Å². The van der Waals surface area contributed by atoms with Crippen LogP contribution in [-0.4, -0.2) is 9.55 Å². The Labute approximate surface area is 94.1 Å². The standard InChI is InChI=1S/C12H15N3O/c1-8-4-5-10(16-8)12-9-3-2-6-15(9)11(7-13)14-12/h4-5H,2-3,6-7,13H2,1H3. The van der Waals surface area contributed by atoms with Gasteiger partial charge in [0, 0.05) is 12.2 Å². The zero-order valence-electron chi connectivity index (χ0n) is 9.36. The van der Waals surface area contributed by atoms with Crippen molar-refractivity contribution in [1.82, 2.24) is 9.55 Å². The van der Waals surface area contributed by atoms with Gasteiger partial charge in [-0.25, -0.2) is 4.98 Å². The lowest BCUT2D eigenvalue weighted by Gasteiger charge is -1.99. The van der Waals surface area contributed by atoms with Gasteiger partial charge in [0.15, 0.2) is 5.76 Å². The van der Waals surface area contributed by atoms with Crippen LogP contribution in [-0.2, 0) is 19.5 Å². The van der Waals surface area contributed by atoms with Crippen molar-refractivity contribution in [2.24, 2.45) is 5.73 Å². The normalized spacial score (nSPS) is 14.4. The first kappa shape index (κ1) is 9.66. The number of hydrogen-bond acceptors (Lipinski definition) is 3. The summed E-state index contributed by atoms with van der Waals surface area (Å²) < 4.78 is 7.87. The number of imidazole rings is 1. The van der Waals surface area contributed by atoms with E-state index in [0.717, 1.165) is 36.0 Å². The Kier molecular flexibility index (Phi) is 2.11. The predicted molar refractivity (Wildman–Crippen MR) is 60.9 cm³/mol. The molecule has 0 fully saturated rings. The van der Waals surface area contributed by atoms with Crippen LogP contribution in [0.15, 0.2) is 16.5 Å². The third kappa shape index (κ3) is 1.30. The number of furan rings is 1. The minimum Gasteiger partial charge on any atom is -0.460 e. The summed E-state index contributed by atoms with van der Waals surface area (Å²) >= 11 is 0. The fourth-order valence-corrected chi connectivity index (χ4v) is 2.37. The van der Waals surface area contributed by atoms with E-state index < -0.39 is 0 Å². The second kappa shape index (κ2) is 3.49. The largest absolute Gasteiger partial charge is 0.460 e. The fraction of sp³-hybridized carbons (Fsp3) is 0.417. The van der Waals surface area contributed by atoms with Gasteiger partial charge in [-0.15, -0.1) is 0 Å². The average Bonchev–Trinajstić information content (AvgIpc) is 2.92. The summed E-state index contributed by atoms with van der Waals surface area (Å²) in [7, 11) is 0. The molecule has 0 saturated heterocycles. The Morgan fingerprint density at radius 3 is 3.06 bits per heavy atom. The molecule has 0 saturated carbocycles. The van der Waals surface area contributed by atoms with E-state index in [1.54, 1.807) is 0 Å². The molecule has 0 radical (unpaired) electrons. The molecule has 1 aliphatic heterocycles. The molecule has 2 N–H and O–H groups in total. The molecule has 3 heterocycles.